The molecule has 2 unspecified atom stereocenters. The Morgan fingerprint density at radius 2 is 2.20 bits per heavy atom. The number of allylic oxidation sites excluding steroid dienone is 1. The summed E-state index contributed by atoms with van der Waals surface area (Å²) in [6.45, 7) is 6.07. The molecule has 1 saturated heterocycles. The van der Waals surface area contributed by atoms with Crippen LogP contribution in [0.25, 0.3) is 5.70 Å². The van der Waals surface area contributed by atoms with Crippen LogP contribution < -0.4 is 10.6 Å². The fraction of sp³-hybridized carbons (Fsp3) is 0.421. The predicted octanol–water partition coefficient (Wildman–Crippen LogP) is 2.36. The molecule has 11 heteroatoms. The first-order valence-electron chi connectivity index (χ1n) is 9.36. The van der Waals surface area contributed by atoms with E-state index in [1.54, 1.807) is 6.07 Å². The second-order valence-electron chi connectivity index (χ2n) is 7.00. The number of piperidine rings is 1. The second-order valence-corrected chi connectivity index (χ2v) is 7.00. The van der Waals surface area contributed by atoms with Gasteiger partial charge in [-0.25, -0.2) is 9.97 Å². The zero-order valence-corrected chi connectivity index (χ0v) is 16.4. The molecular formula is C19H22F3N7O. The standard InChI is InChI=1S/C19H22F3N7O/c1-12-13(17(23)30)4-3-8-29(12)16-5-6-26-18(27-16)14(10-24-2)28-9-7-25-15(11-28)19(20,21)22/h5-7,10-13H,2-4,8-9H2,1H3,(H2,23,30)/b14-10-. The topological polar surface area (TPSA) is 100 Å². The highest BCUT2D eigenvalue weighted by Crippen LogP contribution is 2.31. The maximum Gasteiger partial charge on any atom is 0.434 e. The van der Waals surface area contributed by atoms with Crippen LogP contribution in [0.5, 0.6) is 0 Å². The Hall–Kier alpha value is -3.24. The van der Waals surface area contributed by atoms with Crippen LogP contribution in [-0.4, -0.2) is 59.0 Å². The van der Waals surface area contributed by atoms with E-state index in [2.05, 4.69) is 26.7 Å². The van der Waals surface area contributed by atoms with E-state index in [0.29, 0.717) is 18.8 Å². The molecule has 2 atom stereocenters. The van der Waals surface area contributed by atoms with Gasteiger partial charge < -0.3 is 15.5 Å². The summed E-state index contributed by atoms with van der Waals surface area (Å²) in [5, 5.41) is 0. The number of carbonyl (C=O) groups excluding carboxylic acids is 1. The summed E-state index contributed by atoms with van der Waals surface area (Å²) in [6, 6.07) is 1.53. The Bertz CT molecular complexity index is 910. The van der Waals surface area contributed by atoms with Crippen molar-refractivity contribution in [2.75, 3.05) is 18.0 Å². The van der Waals surface area contributed by atoms with Gasteiger partial charge in [-0.05, 0) is 32.5 Å². The third-order valence-electron chi connectivity index (χ3n) is 5.12. The van der Waals surface area contributed by atoms with Crippen LogP contribution in [-0.2, 0) is 4.79 Å². The largest absolute Gasteiger partial charge is 0.434 e. The van der Waals surface area contributed by atoms with Crippen LogP contribution in [0, 0.1) is 5.92 Å². The molecule has 2 aliphatic heterocycles. The van der Waals surface area contributed by atoms with Crippen molar-refractivity contribution in [2.24, 2.45) is 21.6 Å². The Kier molecular flexibility index (Phi) is 6.18. The first-order valence-corrected chi connectivity index (χ1v) is 9.36. The lowest BCUT2D eigenvalue weighted by Crippen LogP contribution is -2.48. The molecule has 1 fully saturated rings. The molecule has 0 radical (unpaired) electrons. The molecule has 160 valence electrons. The number of nitrogens with zero attached hydrogens (tertiary/aromatic N) is 6. The Balaban J connectivity index is 1.94. The van der Waals surface area contributed by atoms with Gasteiger partial charge in [0.15, 0.2) is 11.5 Å². The zero-order valence-electron chi connectivity index (χ0n) is 16.4. The minimum atomic E-state index is -4.59. The number of carbonyl (C=O) groups is 1. The summed E-state index contributed by atoms with van der Waals surface area (Å²) in [7, 11) is 0. The minimum Gasteiger partial charge on any atom is -0.369 e. The molecule has 3 heterocycles. The molecule has 8 nitrogen and oxygen atoms in total. The maximum absolute atomic E-state index is 13.1. The van der Waals surface area contributed by atoms with Crippen molar-refractivity contribution in [3.8, 4) is 0 Å². The lowest BCUT2D eigenvalue weighted by atomic mass is 9.89. The maximum atomic E-state index is 13.1. The highest BCUT2D eigenvalue weighted by Gasteiger charge is 2.36. The molecule has 0 bridgehead atoms. The number of aliphatic imine (C=N–C) groups is 2. The van der Waals surface area contributed by atoms with Crippen molar-refractivity contribution in [2.45, 2.75) is 32.0 Å². The normalized spacial score (nSPS) is 22.7. The molecular weight excluding hydrogens is 399 g/mol. The molecule has 2 aliphatic rings. The molecule has 3 rings (SSSR count). The number of amides is 1. The van der Waals surface area contributed by atoms with Gasteiger partial charge in [-0.15, -0.1) is 0 Å². The fourth-order valence-electron chi connectivity index (χ4n) is 3.60. The molecule has 30 heavy (non-hydrogen) atoms. The van der Waals surface area contributed by atoms with Gasteiger partial charge in [0.25, 0.3) is 0 Å². The summed E-state index contributed by atoms with van der Waals surface area (Å²) in [6.07, 6.45) is 1.75. The van der Waals surface area contributed by atoms with E-state index in [1.165, 1.54) is 17.3 Å². The van der Waals surface area contributed by atoms with E-state index >= 15 is 0 Å². The van der Waals surface area contributed by atoms with Crippen LogP contribution in [0.1, 0.15) is 25.6 Å². The number of primary amides is 1. The molecule has 1 amide bonds. The average molecular weight is 421 g/mol. The van der Waals surface area contributed by atoms with E-state index in [-0.39, 0.29) is 35.9 Å². The van der Waals surface area contributed by atoms with E-state index in [4.69, 9.17) is 5.73 Å². The summed E-state index contributed by atoms with van der Waals surface area (Å²) in [4.78, 5) is 30.9. The lowest BCUT2D eigenvalue weighted by Gasteiger charge is -2.39. The third kappa shape index (κ3) is 4.50. The summed E-state index contributed by atoms with van der Waals surface area (Å²) in [5.74, 6) is 0.0634. The summed E-state index contributed by atoms with van der Waals surface area (Å²) in [5.41, 5.74) is 4.73. The number of anilines is 1. The first kappa shape index (κ1) is 21.5. The van der Waals surface area contributed by atoms with Crippen LogP contribution in [0.2, 0.25) is 0 Å². The van der Waals surface area contributed by atoms with Gasteiger partial charge in [-0.3, -0.25) is 14.8 Å². The van der Waals surface area contributed by atoms with Gasteiger partial charge in [-0.1, -0.05) is 0 Å². The quantitative estimate of drug-likeness (QED) is 0.736. The van der Waals surface area contributed by atoms with Crippen molar-refractivity contribution in [1.82, 2.24) is 14.9 Å². The van der Waals surface area contributed by atoms with E-state index in [0.717, 1.165) is 18.8 Å². The highest BCUT2D eigenvalue weighted by molar-refractivity contribution is 5.78. The van der Waals surface area contributed by atoms with Crippen molar-refractivity contribution in [1.29, 1.82) is 0 Å². The molecule has 0 saturated carbocycles. The Morgan fingerprint density at radius 3 is 2.87 bits per heavy atom. The number of alkyl halides is 3. The Labute approximate surface area is 171 Å². The van der Waals surface area contributed by atoms with Gasteiger partial charge in [-0.2, -0.15) is 13.2 Å². The van der Waals surface area contributed by atoms with Gasteiger partial charge in [0.1, 0.15) is 11.5 Å². The van der Waals surface area contributed by atoms with Gasteiger partial charge >= 0.3 is 6.18 Å². The van der Waals surface area contributed by atoms with E-state index < -0.39 is 11.9 Å². The minimum absolute atomic E-state index is 0.0956. The number of nitrogens with two attached hydrogens (primary N) is 1. The van der Waals surface area contributed by atoms with Crippen molar-refractivity contribution < 1.29 is 18.0 Å². The van der Waals surface area contributed by atoms with E-state index in [9.17, 15) is 18.0 Å². The monoisotopic (exact) mass is 421 g/mol. The zero-order chi connectivity index (χ0) is 21.9. The highest BCUT2D eigenvalue weighted by atomic mass is 19.4. The first-order chi connectivity index (χ1) is 14.2. The van der Waals surface area contributed by atoms with Crippen LogP contribution in [0.15, 0.2) is 40.3 Å². The SMILES string of the molecule is C=N/C=C(/c1nccc(N2CCCC(C(N)=O)C2C)n1)N1C=C(C(F)(F)F)N=CC1. The smallest absolute Gasteiger partial charge is 0.369 e. The van der Waals surface area contributed by atoms with Crippen molar-refractivity contribution in [3.05, 3.63) is 36.2 Å². The summed E-state index contributed by atoms with van der Waals surface area (Å²) < 4.78 is 39.2. The molecule has 0 aromatic carbocycles. The predicted molar refractivity (Wildman–Crippen MR) is 108 cm³/mol. The molecule has 0 spiro atoms. The van der Waals surface area contributed by atoms with Crippen LogP contribution in [0.4, 0.5) is 19.0 Å². The number of hydrogen-bond acceptors (Lipinski definition) is 7. The van der Waals surface area contributed by atoms with Crippen LogP contribution in [0.3, 0.4) is 0 Å². The number of aromatic nitrogens is 2. The van der Waals surface area contributed by atoms with Gasteiger partial charge in [0, 0.05) is 31.2 Å². The fourth-order valence-corrected chi connectivity index (χ4v) is 3.60. The third-order valence-corrected chi connectivity index (χ3v) is 5.12. The van der Waals surface area contributed by atoms with Crippen molar-refractivity contribution >= 4 is 30.4 Å². The van der Waals surface area contributed by atoms with Gasteiger partial charge in [0.2, 0.25) is 5.91 Å². The van der Waals surface area contributed by atoms with Crippen molar-refractivity contribution in [3.63, 3.8) is 0 Å². The van der Waals surface area contributed by atoms with Crippen LogP contribution >= 0.6 is 0 Å². The number of halogens is 3. The number of rotatable bonds is 5. The molecule has 1 aromatic rings. The molecule has 0 aliphatic carbocycles. The average Bonchev–Trinajstić information content (AvgIpc) is 2.71. The number of hydrogen-bond donors (Lipinski definition) is 1. The lowest BCUT2D eigenvalue weighted by molar-refractivity contribution is -0.122. The molecule has 1 aromatic heterocycles. The van der Waals surface area contributed by atoms with Gasteiger partial charge in [0.05, 0.1) is 18.7 Å². The second kappa shape index (κ2) is 8.64. The molecule has 2 N–H and O–H groups in total. The van der Waals surface area contributed by atoms with E-state index in [1.807, 2.05) is 11.8 Å². The Morgan fingerprint density at radius 1 is 1.43 bits per heavy atom. The summed E-state index contributed by atoms with van der Waals surface area (Å²) >= 11 is 0.